The van der Waals surface area contributed by atoms with E-state index in [0.29, 0.717) is 26.3 Å². The summed E-state index contributed by atoms with van der Waals surface area (Å²) in [4.78, 5) is 15.8. The fourth-order valence-corrected chi connectivity index (χ4v) is 3.72. The minimum atomic E-state index is -0.210. The summed E-state index contributed by atoms with van der Waals surface area (Å²) in [6.07, 6.45) is 0. The first-order valence-electron chi connectivity index (χ1n) is 8.15. The standard InChI is InChI=1S/C21H13Cl3N2O/c22-14-3-1-4-15(11-14)25-21(27)12-7-8-18-13(9-12)10-19(26-18)20-16(23)5-2-6-17(20)24/h1-11,26H,(H,25,27). The van der Waals surface area contributed by atoms with Crippen molar-refractivity contribution in [2.45, 2.75) is 0 Å². The van der Waals surface area contributed by atoms with Crippen molar-refractivity contribution >= 4 is 57.3 Å². The Morgan fingerprint density at radius 2 is 1.59 bits per heavy atom. The van der Waals surface area contributed by atoms with E-state index in [1.165, 1.54) is 0 Å². The topological polar surface area (TPSA) is 44.9 Å². The summed E-state index contributed by atoms with van der Waals surface area (Å²) in [6, 6.07) is 19.8. The van der Waals surface area contributed by atoms with Gasteiger partial charge in [0.2, 0.25) is 0 Å². The number of aromatic amines is 1. The van der Waals surface area contributed by atoms with Gasteiger partial charge in [-0.05, 0) is 54.6 Å². The zero-order chi connectivity index (χ0) is 19.0. The predicted octanol–water partition coefficient (Wildman–Crippen LogP) is 7.05. The molecule has 0 bridgehead atoms. The second kappa shape index (κ2) is 7.28. The number of amides is 1. The molecule has 0 radical (unpaired) electrons. The molecule has 4 rings (SSSR count). The van der Waals surface area contributed by atoms with E-state index in [1.807, 2.05) is 18.2 Å². The molecular weight excluding hydrogens is 403 g/mol. The number of anilines is 1. The number of hydrogen-bond acceptors (Lipinski definition) is 1. The molecule has 0 fully saturated rings. The fourth-order valence-electron chi connectivity index (χ4n) is 2.93. The van der Waals surface area contributed by atoms with Crippen LogP contribution in [0.2, 0.25) is 15.1 Å². The van der Waals surface area contributed by atoms with E-state index in [9.17, 15) is 4.79 Å². The lowest BCUT2D eigenvalue weighted by Crippen LogP contribution is -2.11. The minimum absolute atomic E-state index is 0.210. The van der Waals surface area contributed by atoms with Crippen molar-refractivity contribution < 1.29 is 4.79 Å². The van der Waals surface area contributed by atoms with Gasteiger partial charge in [-0.3, -0.25) is 4.79 Å². The van der Waals surface area contributed by atoms with Gasteiger partial charge in [-0.25, -0.2) is 0 Å². The number of nitrogens with one attached hydrogen (secondary N) is 2. The first-order valence-corrected chi connectivity index (χ1v) is 9.29. The number of halogens is 3. The maximum atomic E-state index is 12.5. The summed E-state index contributed by atoms with van der Waals surface area (Å²) in [5, 5.41) is 5.42. The van der Waals surface area contributed by atoms with Crippen LogP contribution in [0.15, 0.2) is 66.7 Å². The van der Waals surface area contributed by atoms with Crippen molar-refractivity contribution in [1.29, 1.82) is 0 Å². The Labute approximate surface area is 170 Å². The summed E-state index contributed by atoms with van der Waals surface area (Å²) in [5.41, 5.74) is 3.61. The van der Waals surface area contributed by atoms with E-state index in [-0.39, 0.29) is 5.91 Å². The van der Waals surface area contributed by atoms with Gasteiger partial charge in [-0.1, -0.05) is 46.9 Å². The third-order valence-corrected chi connectivity index (χ3v) is 5.06. The third kappa shape index (κ3) is 3.67. The molecule has 0 aliphatic carbocycles. The van der Waals surface area contributed by atoms with Crippen LogP contribution in [0, 0.1) is 0 Å². The van der Waals surface area contributed by atoms with Crippen molar-refractivity contribution in [2.75, 3.05) is 5.32 Å². The summed E-state index contributed by atoms with van der Waals surface area (Å²) in [7, 11) is 0. The van der Waals surface area contributed by atoms with E-state index in [4.69, 9.17) is 34.8 Å². The molecular formula is C21H13Cl3N2O. The normalized spacial score (nSPS) is 10.9. The van der Waals surface area contributed by atoms with E-state index in [0.717, 1.165) is 22.2 Å². The molecule has 0 saturated heterocycles. The molecule has 1 aromatic heterocycles. The number of carbonyl (C=O) groups excluding carboxylic acids is 1. The molecule has 1 heterocycles. The number of H-pyrrole nitrogens is 1. The molecule has 27 heavy (non-hydrogen) atoms. The van der Waals surface area contributed by atoms with Crippen LogP contribution in [0.4, 0.5) is 5.69 Å². The summed E-state index contributed by atoms with van der Waals surface area (Å²) < 4.78 is 0. The first-order chi connectivity index (χ1) is 13.0. The van der Waals surface area contributed by atoms with Crippen LogP contribution in [0.25, 0.3) is 22.2 Å². The maximum absolute atomic E-state index is 12.5. The number of carbonyl (C=O) groups is 1. The van der Waals surface area contributed by atoms with Crippen LogP contribution in [0.3, 0.4) is 0 Å². The fraction of sp³-hybridized carbons (Fsp3) is 0. The molecule has 0 aliphatic rings. The zero-order valence-electron chi connectivity index (χ0n) is 13.9. The van der Waals surface area contributed by atoms with E-state index >= 15 is 0 Å². The summed E-state index contributed by atoms with van der Waals surface area (Å²) in [5.74, 6) is -0.210. The SMILES string of the molecule is O=C(Nc1cccc(Cl)c1)c1ccc2[nH]c(-c3c(Cl)cccc3Cl)cc2c1. The highest BCUT2D eigenvalue weighted by molar-refractivity contribution is 6.39. The molecule has 2 N–H and O–H groups in total. The Morgan fingerprint density at radius 1 is 0.852 bits per heavy atom. The largest absolute Gasteiger partial charge is 0.354 e. The van der Waals surface area contributed by atoms with Gasteiger partial charge in [0.05, 0.1) is 10.0 Å². The monoisotopic (exact) mass is 414 g/mol. The third-order valence-electron chi connectivity index (χ3n) is 4.20. The molecule has 0 atom stereocenters. The lowest BCUT2D eigenvalue weighted by atomic mass is 10.1. The summed E-state index contributed by atoms with van der Waals surface area (Å²) in [6.45, 7) is 0. The average Bonchev–Trinajstić information content (AvgIpc) is 3.04. The van der Waals surface area contributed by atoms with Gasteiger partial charge < -0.3 is 10.3 Å². The van der Waals surface area contributed by atoms with Crippen molar-refractivity contribution in [3.05, 3.63) is 87.4 Å². The van der Waals surface area contributed by atoms with E-state index in [1.54, 1.807) is 48.5 Å². The van der Waals surface area contributed by atoms with Crippen molar-refractivity contribution in [2.24, 2.45) is 0 Å². The number of rotatable bonds is 3. The quantitative estimate of drug-likeness (QED) is 0.370. The van der Waals surface area contributed by atoms with Gasteiger partial charge >= 0.3 is 0 Å². The second-order valence-corrected chi connectivity index (χ2v) is 7.30. The highest BCUT2D eigenvalue weighted by atomic mass is 35.5. The molecule has 4 aromatic rings. The summed E-state index contributed by atoms with van der Waals surface area (Å²) >= 11 is 18.6. The second-order valence-electron chi connectivity index (χ2n) is 6.05. The van der Waals surface area contributed by atoms with Gasteiger partial charge in [0.1, 0.15) is 0 Å². The molecule has 0 saturated carbocycles. The first kappa shape index (κ1) is 17.9. The van der Waals surface area contributed by atoms with Crippen molar-refractivity contribution in [1.82, 2.24) is 4.98 Å². The Balaban J connectivity index is 1.68. The molecule has 6 heteroatoms. The van der Waals surface area contributed by atoms with Gasteiger partial charge in [-0.2, -0.15) is 0 Å². The molecule has 134 valence electrons. The average molecular weight is 416 g/mol. The van der Waals surface area contributed by atoms with Crippen molar-refractivity contribution in [3.8, 4) is 11.3 Å². The Hall–Kier alpha value is -2.46. The molecule has 0 spiro atoms. The lowest BCUT2D eigenvalue weighted by Gasteiger charge is -2.05. The Kier molecular flexibility index (Phi) is 4.83. The van der Waals surface area contributed by atoms with Gasteiger partial charge in [0.25, 0.3) is 5.91 Å². The van der Waals surface area contributed by atoms with Crippen molar-refractivity contribution in [3.63, 3.8) is 0 Å². The maximum Gasteiger partial charge on any atom is 0.255 e. The number of benzene rings is 3. The van der Waals surface area contributed by atoms with Crippen LogP contribution in [0.1, 0.15) is 10.4 Å². The number of aromatic nitrogens is 1. The minimum Gasteiger partial charge on any atom is -0.354 e. The molecule has 0 unspecified atom stereocenters. The zero-order valence-corrected chi connectivity index (χ0v) is 16.2. The smallest absolute Gasteiger partial charge is 0.255 e. The van der Waals surface area contributed by atoms with Crippen LogP contribution in [0.5, 0.6) is 0 Å². The predicted molar refractivity (Wildman–Crippen MR) is 113 cm³/mol. The highest BCUT2D eigenvalue weighted by Crippen LogP contribution is 2.35. The molecule has 3 aromatic carbocycles. The van der Waals surface area contributed by atoms with Gasteiger partial charge in [0, 0.05) is 38.4 Å². The lowest BCUT2D eigenvalue weighted by molar-refractivity contribution is 0.102. The van der Waals surface area contributed by atoms with Crippen LogP contribution in [-0.4, -0.2) is 10.9 Å². The van der Waals surface area contributed by atoms with Crippen LogP contribution >= 0.6 is 34.8 Å². The van der Waals surface area contributed by atoms with Gasteiger partial charge in [0.15, 0.2) is 0 Å². The Bertz CT molecular complexity index is 1150. The van der Waals surface area contributed by atoms with Gasteiger partial charge in [-0.15, -0.1) is 0 Å². The van der Waals surface area contributed by atoms with E-state index < -0.39 is 0 Å². The molecule has 0 aliphatic heterocycles. The molecule has 1 amide bonds. The molecule has 3 nitrogen and oxygen atoms in total. The van der Waals surface area contributed by atoms with Crippen LogP contribution in [-0.2, 0) is 0 Å². The van der Waals surface area contributed by atoms with E-state index in [2.05, 4.69) is 10.3 Å². The van der Waals surface area contributed by atoms with Crippen LogP contribution < -0.4 is 5.32 Å². The Morgan fingerprint density at radius 3 is 2.33 bits per heavy atom. The highest BCUT2D eigenvalue weighted by Gasteiger charge is 2.13. The number of hydrogen-bond donors (Lipinski definition) is 2. The number of fused-ring (bicyclic) bond motifs is 1.